The number of nitrogens with zero attached hydrogens (tertiary/aromatic N) is 1. The van der Waals surface area contributed by atoms with E-state index < -0.39 is 0 Å². The van der Waals surface area contributed by atoms with Crippen LogP contribution >= 0.6 is 0 Å². The van der Waals surface area contributed by atoms with Crippen LogP contribution < -0.4 is 5.32 Å². The van der Waals surface area contributed by atoms with Gasteiger partial charge in [0.05, 0.1) is 6.10 Å². The zero-order valence-corrected chi connectivity index (χ0v) is 9.45. The van der Waals surface area contributed by atoms with Crippen LogP contribution in [0.4, 0.5) is 0 Å². The van der Waals surface area contributed by atoms with Gasteiger partial charge in [0, 0.05) is 31.6 Å². The lowest BCUT2D eigenvalue weighted by Crippen LogP contribution is -2.20. The second-order valence-corrected chi connectivity index (χ2v) is 3.64. The monoisotopic (exact) mass is 196 g/mol. The molecule has 0 bridgehead atoms. The van der Waals surface area contributed by atoms with Gasteiger partial charge in [-0.2, -0.15) is 0 Å². The Morgan fingerprint density at radius 3 is 2.79 bits per heavy atom. The molecule has 80 valence electrons. The number of hydrogen-bond donors (Lipinski definition) is 1. The molecule has 0 spiro atoms. The minimum absolute atomic E-state index is 0.255. The summed E-state index contributed by atoms with van der Waals surface area (Å²) in [5.41, 5.74) is 1.30. The average molecular weight is 196 g/mol. The maximum absolute atomic E-state index is 5.25. The van der Waals surface area contributed by atoms with Gasteiger partial charge in [0.25, 0.3) is 0 Å². The second kappa shape index (κ2) is 5.17. The van der Waals surface area contributed by atoms with Crippen molar-refractivity contribution in [3.63, 3.8) is 0 Å². The second-order valence-electron chi connectivity index (χ2n) is 3.64. The fourth-order valence-corrected chi connectivity index (χ4v) is 1.49. The van der Waals surface area contributed by atoms with E-state index in [-0.39, 0.29) is 6.10 Å². The molecule has 0 saturated carbocycles. The fraction of sp³-hybridized carbons (Fsp3) is 0.636. The van der Waals surface area contributed by atoms with Crippen LogP contribution in [-0.2, 0) is 11.3 Å². The summed E-state index contributed by atoms with van der Waals surface area (Å²) in [5.74, 6) is 0. The summed E-state index contributed by atoms with van der Waals surface area (Å²) in [6, 6.07) is 4.60. The van der Waals surface area contributed by atoms with Gasteiger partial charge in [-0.1, -0.05) is 0 Å². The van der Waals surface area contributed by atoms with Crippen molar-refractivity contribution in [2.24, 2.45) is 0 Å². The summed E-state index contributed by atoms with van der Waals surface area (Å²) in [6.07, 6.45) is 2.35. The average Bonchev–Trinajstić information content (AvgIpc) is 2.64. The third-order valence-electron chi connectivity index (χ3n) is 2.60. The first-order valence-electron chi connectivity index (χ1n) is 5.04. The van der Waals surface area contributed by atoms with Crippen molar-refractivity contribution < 1.29 is 4.74 Å². The molecule has 0 aliphatic heterocycles. The van der Waals surface area contributed by atoms with Crippen LogP contribution in [0.1, 0.15) is 25.6 Å². The highest BCUT2D eigenvalue weighted by Crippen LogP contribution is 2.13. The lowest BCUT2D eigenvalue weighted by molar-refractivity contribution is 0.102. The lowest BCUT2D eigenvalue weighted by Gasteiger charge is -2.17. The Morgan fingerprint density at radius 1 is 1.50 bits per heavy atom. The van der Waals surface area contributed by atoms with Crippen LogP contribution in [0.25, 0.3) is 0 Å². The molecule has 0 aliphatic rings. The Balaban J connectivity index is 2.72. The number of methoxy groups -OCH3 is 1. The zero-order chi connectivity index (χ0) is 10.6. The minimum Gasteiger partial charge on any atom is -0.380 e. The lowest BCUT2D eigenvalue weighted by atomic mass is 10.2. The van der Waals surface area contributed by atoms with Crippen molar-refractivity contribution in [2.75, 3.05) is 14.2 Å². The van der Waals surface area contributed by atoms with Crippen LogP contribution in [0.15, 0.2) is 18.3 Å². The Morgan fingerprint density at radius 2 is 2.21 bits per heavy atom. The summed E-state index contributed by atoms with van der Waals surface area (Å²) in [6.45, 7) is 5.14. The summed E-state index contributed by atoms with van der Waals surface area (Å²) in [7, 11) is 3.72. The first-order valence-corrected chi connectivity index (χ1v) is 5.04. The van der Waals surface area contributed by atoms with E-state index in [9.17, 15) is 0 Å². The molecule has 14 heavy (non-hydrogen) atoms. The van der Waals surface area contributed by atoms with E-state index in [1.54, 1.807) is 7.11 Å². The molecule has 0 amide bonds. The van der Waals surface area contributed by atoms with Crippen LogP contribution in [0.2, 0.25) is 0 Å². The first kappa shape index (κ1) is 11.3. The highest BCUT2D eigenvalue weighted by atomic mass is 16.5. The first-order chi connectivity index (χ1) is 6.69. The van der Waals surface area contributed by atoms with Gasteiger partial charge in [0.15, 0.2) is 0 Å². The third kappa shape index (κ3) is 2.59. The van der Waals surface area contributed by atoms with Crippen LogP contribution in [-0.4, -0.2) is 24.8 Å². The quantitative estimate of drug-likeness (QED) is 0.777. The van der Waals surface area contributed by atoms with Crippen LogP contribution in [0.3, 0.4) is 0 Å². The van der Waals surface area contributed by atoms with E-state index in [0.717, 1.165) is 6.54 Å². The van der Waals surface area contributed by atoms with Gasteiger partial charge in [0.2, 0.25) is 0 Å². The fourth-order valence-electron chi connectivity index (χ4n) is 1.49. The largest absolute Gasteiger partial charge is 0.380 e. The zero-order valence-electron chi connectivity index (χ0n) is 9.45. The molecule has 1 aromatic rings. The SMILES string of the molecule is CNC(C)c1cccn1CC(C)OC. The molecule has 0 saturated heterocycles. The number of hydrogen-bond acceptors (Lipinski definition) is 2. The number of ether oxygens (including phenoxy) is 1. The van der Waals surface area contributed by atoms with Gasteiger partial charge in [-0.05, 0) is 33.0 Å². The van der Waals surface area contributed by atoms with Crippen molar-refractivity contribution in [2.45, 2.75) is 32.5 Å². The van der Waals surface area contributed by atoms with Crippen LogP contribution in [0, 0.1) is 0 Å². The Bertz CT molecular complexity index is 270. The standard InChI is InChI=1S/C11H20N2O/c1-9(14-4)8-13-7-5-6-11(13)10(2)12-3/h5-7,9-10,12H,8H2,1-4H3. The van der Waals surface area contributed by atoms with Crippen LogP contribution in [0.5, 0.6) is 0 Å². The van der Waals surface area contributed by atoms with Crippen molar-refractivity contribution in [1.82, 2.24) is 9.88 Å². The predicted molar refractivity (Wildman–Crippen MR) is 58.4 cm³/mol. The predicted octanol–water partition coefficient (Wildman–Crippen LogP) is 1.80. The molecule has 2 unspecified atom stereocenters. The molecular weight excluding hydrogens is 176 g/mol. The Hall–Kier alpha value is -0.800. The molecule has 2 atom stereocenters. The molecule has 1 heterocycles. The van der Waals surface area contributed by atoms with Gasteiger partial charge in [-0.15, -0.1) is 0 Å². The molecule has 1 rings (SSSR count). The van der Waals surface area contributed by atoms with E-state index in [4.69, 9.17) is 4.74 Å². The van der Waals surface area contributed by atoms with Gasteiger partial charge in [-0.25, -0.2) is 0 Å². The maximum atomic E-state index is 5.25. The van der Waals surface area contributed by atoms with Gasteiger partial charge in [-0.3, -0.25) is 0 Å². The van der Waals surface area contributed by atoms with E-state index in [2.05, 4.69) is 42.1 Å². The van der Waals surface area contributed by atoms with Gasteiger partial charge in [0.1, 0.15) is 0 Å². The molecule has 0 aliphatic carbocycles. The van der Waals surface area contributed by atoms with Crippen molar-refractivity contribution >= 4 is 0 Å². The summed E-state index contributed by atoms with van der Waals surface area (Å²) in [5, 5.41) is 3.24. The Kier molecular flexibility index (Phi) is 4.17. The van der Waals surface area contributed by atoms with E-state index >= 15 is 0 Å². The molecule has 1 aromatic heterocycles. The van der Waals surface area contributed by atoms with E-state index in [0.29, 0.717) is 6.04 Å². The molecule has 3 nitrogen and oxygen atoms in total. The smallest absolute Gasteiger partial charge is 0.0722 e. The van der Waals surface area contributed by atoms with Crippen molar-refractivity contribution in [1.29, 1.82) is 0 Å². The normalized spacial score (nSPS) is 15.4. The molecule has 1 N–H and O–H groups in total. The Labute approximate surface area is 86.1 Å². The summed E-state index contributed by atoms with van der Waals surface area (Å²) < 4.78 is 7.48. The number of aromatic nitrogens is 1. The van der Waals surface area contributed by atoms with E-state index in [1.807, 2.05) is 7.05 Å². The van der Waals surface area contributed by atoms with Gasteiger partial charge >= 0.3 is 0 Å². The molecular formula is C11H20N2O. The molecule has 0 radical (unpaired) electrons. The van der Waals surface area contributed by atoms with Gasteiger partial charge < -0.3 is 14.6 Å². The molecule has 3 heteroatoms. The maximum Gasteiger partial charge on any atom is 0.0722 e. The number of nitrogens with one attached hydrogen (secondary N) is 1. The molecule has 0 fully saturated rings. The number of rotatable bonds is 5. The van der Waals surface area contributed by atoms with E-state index in [1.165, 1.54) is 5.69 Å². The summed E-state index contributed by atoms with van der Waals surface area (Å²) >= 11 is 0. The summed E-state index contributed by atoms with van der Waals surface area (Å²) in [4.78, 5) is 0. The highest BCUT2D eigenvalue weighted by molar-refractivity contribution is 5.11. The van der Waals surface area contributed by atoms with Crippen molar-refractivity contribution in [3.05, 3.63) is 24.0 Å². The third-order valence-corrected chi connectivity index (χ3v) is 2.60. The molecule has 0 aromatic carbocycles. The highest BCUT2D eigenvalue weighted by Gasteiger charge is 2.09. The van der Waals surface area contributed by atoms with Crippen molar-refractivity contribution in [3.8, 4) is 0 Å². The topological polar surface area (TPSA) is 26.2 Å². The minimum atomic E-state index is 0.255.